The van der Waals surface area contributed by atoms with Gasteiger partial charge in [0, 0.05) is 16.0 Å². The molecule has 1 heterocycles. The van der Waals surface area contributed by atoms with Crippen molar-refractivity contribution in [1.82, 2.24) is 5.32 Å². The van der Waals surface area contributed by atoms with E-state index in [-0.39, 0.29) is 11.7 Å². The van der Waals surface area contributed by atoms with Crippen LogP contribution >= 0.6 is 34.5 Å². The highest BCUT2D eigenvalue weighted by molar-refractivity contribution is 7.14. The molecule has 0 radical (unpaired) electrons. The van der Waals surface area contributed by atoms with Gasteiger partial charge in [-0.3, -0.25) is 9.59 Å². The first-order chi connectivity index (χ1) is 12.0. The molecule has 0 bridgehead atoms. The van der Waals surface area contributed by atoms with Crippen LogP contribution in [0.2, 0.25) is 10.0 Å². The van der Waals surface area contributed by atoms with Crippen molar-refractivity contribution in [3.63, 3.8) is 0 Å². The van der Waals surface area contributed by atoms with Crippen molar-refractivity contribution in [2.75, 3.05) is 0 Å². The third-order valence-electron chi connectivity index (χ3n) is 3.53. The van der Waals surface area contributed by atoms with Crippen LogP contribution in [0, 0.1) is 0 Å². The van der Waals surface area contributed by atoms with Crippen LogP contribution in [0.3, 0.4) is 0 Å². The minimum Gasteiger partial charge on any atom is -0.347 e. The summed E-state index contributed by atoms with van der Waals surface area (Å²) in [7, 11) is 0. The molecule has 0 fully saturated rings. The zero-order valence-corrected chi connectivity index (χ0v) is 15.3. The summed E-state index contributed by atoms with van der Waals surface area (Å²) < 4.78 is 0. The summed E-state index contributed by atoms with van der Waals surface area (Å²) in [5.74, 6) is -0.268. The summed E-state index contributed by atoms with van der Waals surface area (Å²) in [5, 5.41) is 3.55. The van der Waals surface area contributed by atoms with Gasteiger partial charge >= 0.3 is 0 Å². The maximum Gasteiger partial charge on any atom is 0.251 e. The van der Waals surface area contributed by atoms with Crippen molar-refractivity contribution < 1.29 is 9.59 Å². The second-order valence-electron chi connectivity index (χ2n) is 5.27. The highest BCUT2D eigenvalue weighted by atomic mass is 35.5. The predicted molar refractivity (Wildman–Crippen MR) is 102 cm³/mol. The Bertz CT molecular complexity index is 922. The third-order valence-corrected chi connectivity index (χ3v) is 5.35. The van der Waals surface area contributed by atoms with E-state index in [9.17, 15) is 9.59 Å². The number of thiophene rings is 1. The van der Waals surface area contributed by atoms with Crippen LogP contribution in [-0.4, -0.2) is 11.7 Å². The molecule has 126 valence electrons. The van der Waals surface area contributed by atoms with E-state index in [0.29, 0.717) is 32.6 Å². The van der Waals surface area contributed by atoms with Gasteiger partial charge in [0.15, 0.2) is 0 Å². The van der Waals surface area contributed by atoms with E-state index in [1.165, 1.54) is 17.4 Å². The molecule has 3 rings (SSSR count). The van der Waals surface area contributed by atoms with Gasteiger partial charge in [-0.1, -0.05) is 53.5 Å². The Hall–Kier alpha value is -2.14. The molecular weight excluding hydrogens is 377 g/mol. The van der Waals surface area contributed by atoms with E-state index < -0.39 is 0 Å². The lowest BCUT2D eigenvalue weighted by Gasteiger charge is -2.05. The van der Waals surface area contributed by atoms with Gasteiger partial charge < -0.3 is 5.32 Å². The predicted octanol–water partition coefficient (Wildman–Crippen LogP) is 5.22. The summed E-state index contributed by atoms with van der Waals surface area (Å²) in [6.07, 6.45) is 0. The molecule has 0 aliphatic carbocycles. The second kappa shape index (κ2) is 7.83. The van der Waals surface area contributed by atoms with Crippen LogP contribution in [-0.2, 0) is 6.54 Å². The molecule has 0 unspecified atom stereocenters. The normalized spacial score (nSPS) is 10.5. The highest BCUT2D eigenvalue weighted by Crippen LogP contribution is 2.23. The second-order valence-corrected chi connectivity index (χ2v) is 7.26. The maximum absolute atomic E-state index is 12.4. The van der Waals surface area contributed by atoms with E-state index in [0.717, 1.165) is 4.88 Å². The molecule has 2 aromatic carbocycles. The van der Waals surface area contributed by atoms with Crippen LogP contribution in [0.5, 0.6) is 0 Å². The Balaban J connectivity index is 1.64. The van der Waals surface area contributed by atoms with Gasteiger partial charge in [0.2, 0.25) is 5.78 Å². The van der Waals surface area contributed by atoms with Gasteiger partial charge in [0.05, 0.1) is 21.5 Å². The topological polar surface area (TPSA) is 46.2 Å². The van der Waals surface area contributed by atoms with Crippen molar-refractivity contribution in [1.29, 1.82) is 0 Å². The molecule has 1 aromatic heterocycles. The van der Waals surface area contributed by atoms with E-state index in [1.807, 2.05) is 24.3 Å². The molecule has 1 N–H and O–H groups in total. The summed E-state index contributed by atoms with van der Waals surface area (Å²) >= 11 is 13.1. The lowest BCUT2D eigenvalue weighted by atomic mass is 10.1. The molecule has 0 spiro atoms. The Labute approximate surface area is 159 Å². The Morgan fingerprint density at radius 2 is 1.64 bits per heavy atom. The molecule has 3 aromatic rings. The molecular formula is C19H13Cl2NO2S. The van der Waals surface area contributed by atoms with Crippen LogP contribution in [0.4, 0.5) is 0 Å². The van der Waals surface area contributed by atoms with E-state index in [2.05, 4.69) is 5.32 Å². The average molecular weight is 390 g/mol. The number of rotatable bonds is 5. The fourth-order valence-corrected chi connectivity index (χ4v) is 3.44. The van der Waals surface area contributed by atoms with E-state index in [4.69, 9.17) is 23.2 Å². The van der Waals surface area contributed by atoms with Crippen molar-refractivity contribution >= 4 is 46.2 Å². The summed E-state index contributed by atoms with van der Waals surface area (Å²) in [5.41, 5.74) is 1.09. The Kier molecular flexibility index (Phi) is 5.53. The molecule has 0 saturated heterocycles. The lowest BCUT2D eigenvalue weighted by Crippen LogP contribution is -2.22. The quantitative estimate of drug-likeness (QED) is 0.608. The van der Waals surface area contributed by atoms with Gasteiger partial charge in [0.1, 0.15) is 0 Å². The molecule has 0 aliphatic rings. The summed E-state index contributed by atoms with van der Waals surface area (Å²) in [6.45, 7) is 0.339. The molecule has 1 amide bonds. The minimum absolute atomic E-state index is 0.0207. The van der Waals surface area contributed by atoms with Crippen LogP contribution in [0.1, 0.15) is 30.5 Å². The lowest BCUT2D eigenvalue weighted by molar-refractivity contribution is 0.0950. The number of amides is 1. The number of carbonyl (C=O) groups is 2. The SMILES string of the molecule is O=C(NCc1ccc(C(=O)c2ccccc2)s1)c1ccc(Cl)c(Cl)c1. The highest BCUT2D eigenvalue weighted by Gasteiger charge is 2.13. The van der Waals surface area contributed by atoms with Gasteiger partial charge in [0.25, 0.3) is 5.91 Å². The van der Waals surface area contributed by atoms with Gasteiger partial charge in [-0.2, -0.15) is 0 Å². The third kappa shape index (κ3) is 4.28. The van der Waals surface area contributed by atoms with Crippen LogP contribution in [0.25, 0.3) is 0 Å². The number of hydrogen-bond donors (Lipinski definition) is 1. The van der Waals surface area contributed by atoms with Gasteiger partial charge in [-0.25, -0.2) is 0 Å². The molecule has 25 heavy (non-hydrogen) atoms. The maximum atomic E-state index is 12.4. The van der Waals surface area contributed by atoms with Crippen LogP contribution < -0.4 is 5.32 Å². The molecule has 6 heteroatoms. The molecule has 3 nitrogen and oxygen atoms in total. The molecule has 0 aliphatic heterocycles. The minimum atomic E-state index is -0.247. The average Bonchev–Trinajstić information content (AvgIpc) is 3.11. The Morgan fingerprint density at radius 1 is 0.880 bits per heavy atom. The Morgan fingerprint density at radius 3 is 2.36 bits per heavy atom. The monoisotopic (exact) mass is 389 g/mol. The first-order valence-electron chi connectivity index (χ1n) is 7.46. The summed E-state index contributed by atoms with van der Waals surface area (Å²) in [6, 6.07) is 17.5. The largest absolute Gasteiger partial charge is 0.347 e. The standard InChI is InChI=1S/C19H13Cl2NO2S/c20-15-8-6-13(10-16(15)21)19(24)22-11-14-7-9-17(25-14)18(23)12-4-2-1-3-5-12/h1-10H,11H2,(H,22,24). The number of benzene rings is 2. The van der Waals surface area contributed by atoms with E-state index in [1.54, 1.807) is 30.3 Å². The fraction of sp³-hybridized carbons (Fsp3) is 0.0526. The van der Waals surface area contributed by atoms with Crippen molar-refractivity contribution in [3.8, 4) is 0 Å². The number of hydrogen-bond acceptors (Lipinski definition) is 3. The molecule has 0 atom stereocenters. The zero-order valence-electron chi connectivity index (χ0n) is 13.0. The van der Waals surface area contributed by atoms with Crippen molar-refractivity contribution in [2.45, 2.75) is 6.54 Å². The van der Waals surface area contributed by atoms with Crippen LogP contribution in [0.15, 0.2) is 60.7 Å². The summed E-state index contributed by atoms with van der Waals surface area (Å²) in [4.78, 5) is 26.1. The number of ketones is 1. The van der Waals surface area contributed by atoms with Crippen molar-refractivity contribution in [3.05, 3.63) is 91.6 Å². The first kappa shape index (κ1) is 17.7. The van der Waals surface area contributed by atoms with Gasteiger partial charge in [-0.05, 0) is 30.3 Å². The molecule has 0 saturated carbocycles. The fourth-order valence-electron chi connectivity index (χ4n) is 2.23. The number of carbonyl (C=O) groups excluding carboxylic acids is 2. The smallest absolute Gasteiger partial charge is 0.251 e. The van der Waals surface area contributed by atoms with E-state index >= 15 is 0 Å². The van der Waals surface area contributed by atoms with Crippen molar-refractivity contribution in [2.24, 2.45) is 0 Å². The zero-order chi connectivity index (χ0) is 17.8. The first-order valence-corrected chi connectivity index (χ1v) is 9.03. The number of halogens is 2. The van der Waals surface area contributed by atoms with Gasteiger partial charge in [-0.15, -0.1) is 11.3 Å². The number of nitrogens with one attached hydrogen (secondary N) is 1.